The molecule has 0 aromatic heterocycles. The molecule has 78 valence electrons. The average molecular weight is 196 g/mol. The molecule has 0 unspecified atom stereocenters. The van der Waals surface area contributed by atoms with Crippen LogP contribution in [0.15, 0.2) is 24.3 Å². The highest BCUT2D eigenvalue weighted by Gasteiger charge is 2.17. The Bertz CT molecular complexity index is 269. The van der Waals surface area contributed by atoms with Gasteiger partial charge in [0.2, 0.25) is 0 Å². The number of likely N-dealkylation sites (N-methyl/N-ethyl adjacent to an activating group) is 1. The minimum absolute atomic E-state index is 0.473. The average Bonchev–Trinajstić information content (AvgIpc) is 2.19. The predicted octanol–water partition coefficient (Wildman–Crippen LogP) is -0.877. The van der Waals surface area contributed by atoms with E-state index in [9.17, 15) is 0 Å². The van der Waals surface area contributed by atoms with E-state index in [1.807, 2.05) is 12.1 Å². The monoisotopic (exact) mass is 196 g/mol. The number of rotatable bonds is 4. The first-order valence-electron chi connectivity index (χ1n) is 4.92. The molecule has 1 atom stereocenters. The molecule has 3 heteroatoms. The number of ether oxygens (including phenoxy) is 1. The lowest BCUT2D eigenvalue weighted by Gasteiger charge is -2.18. The van der Waals surface area contributed by atoms with Gasteiger partial charge in [0, 0.05) is 5.56 Å². The van der Waals surface area contributed by atoms with Gasteiger partial charge in [-0.3, -0.25) is 0 Å². The smallest absolute Gasteiger partial charge is 0.162 e. The standard InChI is InChI=1S/C11H18N2O/c1-13(2)11(8-12)9-4-6-10(14-3)7-5-9/h4-7,11H,8,12H2,1-3H3/p+2/t11-/m1/s1. The van der Waals surface area contributed by atoms with Crippen molar-refractivity contribution in [1.82, 2.24) is 0 Å². The molecule has 4 N–H and O–H groups in total. The van der Waals surface area contributed by atoms with Crippen LogP contribution in [0.25, 0.3) is 0 Å². The molecular weight excluding hydrogens is 176 g/mol. The third kappa shape index (κ3) is 2.47. The highest BCUT2D eigenvalue weighted by Crippen LogP contribution is 2.14. The molecule has 0 fully saturated rings. The van der Waals surface area contributed by atoms with Crippen molar-refractivity contribution in [2.75, 3.05) is 27.7 Å². The van der Waals surface area contributed by atoms with Crippen molar-refractivity contribution in [2.45, 2.75) is 6.04 Å². The fourth-order valence-electron chi connectivity index (χ4n) is 1.62. The van der Waals surface area contributed by atoms with E-state index in [4.69, 9.17) is 4.74 Å². The summed E-state index contributed by atoms with van der Waals surface area (Å²) in [6.07, 6.45) is 0. The Morgan fingerprint density at radius 3 is 2.21 bits per heavy atom. The molecule has 0 saturated carbocycles. The lowest BCUT2D eigenvalue weighted by molar-refractivity contribution is -0.899. The number of hydrogen-bond acceptors (Lipinski definition) is 1. The zero-order chi connectivity index (χ0) is 10.6. The van der Waals surface area contributed by atoms with Crippen LogP contribution in [0.3, 0.4) is 0 Å². The Morgan fingerprint density at radius 1 is 1.29 bits per heavy atom. The van der Waals surface area contributed by atoms with Gasteiger partial charge in [-0.15, -0.1) is 0 Å². The van der Waals surface area contributed by atoms with Gasteiger partial charge >= 0.3 is 0 Å². The minimum Gasteiger partial charge on any atom is -0.497 e. The van der Waals surface area contributed by atoms with E-state index < -0.39 is 0 Å². The van der Waals surface area contributed by atoms with Gasteiger partial charge in [-0.1, -0.05) is 0 Å². The van der Waals surface area contributed by atoms with Gasteiger partial charge < -0.3 is 15.4 Å². The number of nitrogens with one attached hydrogen (secondary N) is 1. The third-order valence-electron chi connectivity index (χ3n) is 2.50. The molecule has 14 heavy (non-hydrogen) atoms. The Kier molecular flexibility index (Phi) is 3.92. The van der Waals surface area contributed by atoms with Crippen LogP contribution in [0.5, 0.6) is 5.75 Å². The van der Waals surface area contributed by atoms with Crippen molar-refractivity contribution in [1.29, 1.82) is 0 Å². The molecule has 0 aliphatic heterocycles. The third-order valence-corrected chi connectivity index (χ3v) is 2.50. The predicted molar refractivity (Wildman–Crippen MR) is 56.3 cm³/mol. The number of hydrogen-bond donors (Lipinski definition) is 2. The highest BCUT2D eigenvalue weighted by molar-refractivity contribution is 5.28. The summed E-state index contributed by atoms with van der Waals surface area (Å²) in [5, 5.41) is 0. The second-order valence-corrected chi connectivity index (χ2v) is 3.69. The van der Waals surface area contributed by atoms with Crippen molar-refractivity contribution in [2.24, 2.45) is 0 Å². The summed E-state index contributed by atoms with van der Waals surface area (Å²) in [6.45, 7) is 0.911. The first kappa shape index (κ1) is 11.0. The van der Waals surface area contributed by atoms with Gasteiger partial charge in [0.25, 0.3) is 0 Å². The van der Waals surface area contributed by atoms with Crippen LogP contribution in [0.4, 0.5) is 0 Å². The quantitative estimate of drug-likeness (QED) is 0.645. The SMILES string of the molecule is COc1ccc([C@@H](C[NH3+])[NH+](C)C)cc1. The summed E-state index contributed by atoms with van der Waals surface area (Å²) >= 11 is 0. The summed E-state index contributed by atoms with van der Waals surface area (Å²) in [4.78, 5) is 1.41. The lowest BCUT2D eigenvalue weighted by Crippen LogP contribution is -3.07. The molecule has 0 spiro atoms. The second kappa shape index (κ2) is 4.98. The maximum absolute atomic E-state index is 5.12. The number of methoxy groups -OCH3 is 1. The van der Waals surface area contributed by atoms with Crippen LogP contribution in [0, 0.1) is 0 Å². The Balaban J connectivity index is 2.84. The Labute approximate surface area is 85.5 Å². The summed E-state index contributed by atoms with van der Waals surface area (Å²) in [7, 11) is 5.99. The maximum Gasteiger partial charge on any atom is 0.162 e. The molecular formula is C11H20N2O+2. The molecule has 0 amide bonds. The van der Waals surface area contributed by atoms with Crippen LogP contribution in [0.1, 0.15) is 11.6 Å². The van der Waals surface area contributed by atoms with Crippen LogP contribution in [-0.4, -0.2) is 27.7 Å². The molecule has 0 heterocycles. The van der Waals surface area contributed by atoms with Crippen LogP contribution in [0.2, 0.25) is 0 Å². The van der Waals surface area contributed by atoms with E-state index in [2.05, 4.69) is 32.0 Å². The lowest BCUT2D eigenvalue weighted by atomic mass is 10.1. The van der Waals surface area contributed by atoms with Crippen molar-refractivity contribution in [3.05, 3.63) is 29.8 Å². The topological polar surface area (TPSA) is 41.3 Å². The Hall–Kier alpha value is -1.06. The van der Waals surface area contributed by atoms with Gasteiger partial charge in [-0.25, -0.2) is 0 Å². The zero-order valence-electron chi connectivity index (χ0n) is 9.21. The van der Waals surface area contributed by atoms with Gasteiger partial charge in [-0.05, 0) is 24.3 Å². The molecule has 1 rings (SSSR count). The van der Waals surface area contributed by atoms with Crippen molar-refractivity contribution >= 4 is 0 Å². The highest BCUT2D eigenvalue weighted by atomic mass is 16.5. The fourth-order valence-corrected chi connectivity index (χ4v) is 1.62. The van der Waals surface area contributed by atoms with E-state index in [1.165, 1.54) is 10.5 Å². The van der Waals surface area contributed by atoms with Gasteiger partial charge in [0.1, 0.15) is 12.3 Å². The van der Waals surface area contributed by atoms with E-state index in [1.54, 1.807) is 7.11 Å². The fraction of sp³-hybridized carbons (Fsp3) is 0.455. The molecule has 0 bridgehead atoms. The maximum atomic E-state index is 5.12. The van der Waals surface area contributed by atoms with Crippen molar-refractivity contribution in [3.63, 3.8) is 0 Å². The van der Waals surface area contributed by atoms with Gasteiger partial charge in [0.15, 0.2) is 6.04 Å². The van der Waals surface area contributed by atoms with Gasteiger partial charge in [-0.2, -0.15) is 0 Å². The first-order chi connectivity index (χ1) is 6.69. The molecule has 1 aromatic rings. The molecule has 3 nitrogen and oxygen atoms in total. The number of benzene rings is 1. The largest absolute Gasteiger partial charge is 0.497 e. The second-order valence-electron chi connectivity index (χ2n) is 3.69. The molecule has 0 radical (unpaired) electrons. The van der Waals surface area contributed by atoms with Gasteiger partial charge in [0.05, 0.1) is 21.2 Å². The van der Waals surface area contributed by atoms with Crippen molar-refractivity contribution in [3.8, 4) is 5.75 Å². The first-order valence-corrected chi connectivity index (χ1v) is 4.92. The number of quaternary nitrogens is 2. The summed E-state index contributed by atoms with van der Waals surface area (Å²) in [6, 6.07) is 8.70. The van der Waals surface area contributed by atoms with E-state index >= 15 is 0 Å². The Morgan fingerprint density at radius 2 is 1.86 bits per heavy atom. The summed E-state index contributed by atoms with van der Waals surface area (Å²) in [5.74, 6) is 0.908. The van der Waals surface area contributed by atoms with Crippen LogP contribution in [-0.2, 0) is 0 Å². The summed E-state index contributed by atoms with van der Waals surface area (Å²) < 4.78 is 5.12. The van der Waals surface area contributed by atoms with E-state index in [0.717, 1.165) is 12.3 Å². The van der Waals surface area contributed by atoms with E-state index in [0.29, 0.717) is 6.04 Å². The van der Waals surface area contributed by atoms with Crippen LogP contribution >= 0.6 is 0 Å². The molecule has 0 saturated heterocycles. The van der Waals surface area contributed by atoms with Crippen molar-refractivity contribution < 1.29 is 15.4 Å². The zero-order valence-corrected chi connectivity index (χ0v) is 9.21. The normalized spacial score (nSPS) is 12.9. The molecule has 0 aliphatic rings. The molecule has 0 aliphatic carbocycles. The molecule has 1 aromatic carbocycles. The van der Waals surface area contributed by atoms with E-state index in [-0.39, 0.29) is 0 Å². The summed E-state index contributed by atoms with van der Waals surface area (Å²) in [5.41, 5.74) is 5.29. The minimum atomic E-state index is 0.473. The van der Waals surface area contributed by atoms with Crippen LogP contribution < -0.4 is 15.4 Å².